The second-order valence-electron chi connectivity index (χ2n) is 3.34. The van der Waals surface area contributed by atoms with Crippen LogP contribution in [0.2, 0.25) is 0 Å². The fourth-order valence-electron chi connectivity index (χ4n) is 1.62. The number of hydrogen-bond acceptors (Lipinski definition) is 2. The lowest BCUT2D eigenvalue weighted by Gasteiger charge is -2.17. The Morgan fingerprint density at radius 3 is 3.25 bits per heavy atom. The van der Waals surface area contributed by atoms with Gasteiger partial charge in [0.25, 0.3) is 0 Å². The summed E-state index contributed by atoms with van der Waals surface area (Å²) in [6, 6.07) is 0. The molecule has 0 fully saturated rings. The van der Waals surface area contributed by atoms with Gasteiger partial charge < -0.3 is 5.32 Å². The molecule has 0 radical (unpaired) electrons. The zero-order chi connectivity index (χ0) is 8.39. The van der Waals surface area contributed by atoms with Crippen LogP contribution < -0.4 is 5.32 Å². The van der Waals surface area contributed by atoms with Gasteiger partial charge >= 0.3 is 0 Å². The van der Waals surface area contributed by atoms with Crippen molar-refractivity contribution in [1.82, 2.24) is 5.32 Å². The average Bonchev–Trinajstić information content (AvgIpc) is 2.28. The van der Waals surface area contributed by atoms with E-state index in [1.165, 1.54) is 17.1 Å². The summed E-state index contributed by atoms with van der Waals surface area (Å²) in [7, 11) is 0. The molecule has 64 valence electrons. The Morgan fingerprint density at radius 2 is 2.33 bits per heavy atom. The highest BCUT2D eigenvalue weighted by Gasteiger charge is 2.11. The number of nitrogens with zero attached hydrogens (tertiary/aromatic N) is 1. The zero-order valence-corrected chi connectivity index (χ0v) is 7.43. The van der Waals surface area contributed by atoms with E-state index in [1.54, 1.807) is 0 Å². The van der Waals surface area contributed by atoms with Gasteiger partial charge in [-0.2, -0.15) is 0 Å². The molecular weight excluding hydrogens is 148 g/mol. The van der Waals surface area contributed by atoms with Gasteiger partial charge in [0.15, 0.2) is 0 Å². The summed E-state index contributed by atoms with van der Waals surface area (Å²) in [5.74, 6) is 0. The maximum atomic E-state index is 4.55. The van der Waals surface area contributed by atoms with Crippen LogP contribution in [0.15, 0.2) is 28.5 Å². The summed E-state index contributed by atoms with van der Waals surface area (Å²) in [4.78, 5) is 4.55. The Hall–Kier alpha value is -1.05. The summed E-state index contributed by atoms with van der Waals surface area (Å²) in [5, 5.41) is 3.42. The fourth-order valence-corrected chi connectivity index (χ4v) is 1.62. The first-order chi connectivity index (χ1) is 5.86. The minimum absolute atomic E-state index is 0.929. The zero-order valence-electron chi connectivity index (χ0n) is 7.43. The molecule has 2 nitrogen and oxygen atoms in total. The van der Waals surface area contributed by atoms with Crippen LogP contribution in [0, 0.1) is 0 Å². The van der Waals surface area contributed by atoms with Gasteiger partial charge in [0, 0.05) is 17.8 Å². The monoisotopic (exact) mass is 162 g/mol. The van der Waals surface area contributed by atoms with Crippen LogP contribution >= 0.6 is 0 Å². The molecule has 0 bridgehead atoms. The fraction of sp³-hybridized carbons (Fsp3) is 0.500. The van der Waals surface area contributed by atoms with Crippen LogP contribution in [-0.2, 0) is 0 Å². The first-order valence-corrected chi connectivity index (χ1v) is 4.51. The quantitative estimate of drug-likeness (QED) is 0.541. The van der Waals surface area contributed by atoms with E-state index in [9.17, 15) is 0 Å². The van der Waals surface area contributed by atoms with Crippen molar-refractivity contribution in [3.8, 4) is 0 Å². The molecule has 0 saturated carbocycles. The topological polar surface area (TPSA) is 24.4 Å². The minimum Gasteiger partial charge on any atom is -0.382 e. The van der Waals surface area contributed by atoms with Gasteiger partial charge in [0.05, 0.1) is 12.2 Å². The lowest BCUT2D eigenvalue weighted by molar-refractivity contribution is 0.784. The van der Waals surface area contributed by atoms with E-state index in [1.807, 2.05) is 0 Å². The molecule has 2 aliphatic rings. The van der Waals surface area contributed by atoms with Crippen LogP contribution in [0.4, 0.5) is 0 Å². The van der Waals surface area contributed by atoms with E-state index in [4.69, 9.17) is 0 Å². The highest BCUT2D eigenvalue weighted by molar-refractivity contribution is 5.86. The normalized spacial score (nSPS) is 22.6. The first kappa shape index (κ1) is 7.59. The Kier molecular flexibility index (Phi) is 1.98. The molecule has 0 amide bonds. The number of rotatable bonds is 0. The molecule has 0 aromatic rings. The van der Waals surface area contributed by atoms with E-state index >= 15 is 0 Å². The molecule has 0 saturated heterocycles. The van der Waals surface area contributed by atoms with Crippen molar-refractivity contribution in [2.45, 2.75) is 26.2 Å². The third-order valence-electron chi connectivity index (χ3n) is 2.27. The summed E-state index contributed by atoms with van der Waals surface area (Å²) < 4.78 is 0. The Labute approximate surface area is 73.1 Å². The second-order valence-corrected chi connectivity index (χ2v) is 3.34. The van der Waals surface area contributed by atoms with Gasteiger partial charge in [-0.25, -0.2) is 0 Å². The predicted molar refractivity (Wildman–Crippen MR) is 51.1 cm³/mol. The summed E-state index contributed by atoms with van der Waals surface area (Å²) >= 11 is 0. The van der Waals surface area contributed by atoms with Crippen molar-refractivity contribution in [2.75, 3.05) is 6.54 Å². The van der Waals surface area contributed by atoms with Crippen LogP contribution in [0.3, 0.4) is 0 Å². The van der Waals surface area contributed by atoms with Crippen LogP contribution in [0.5, 0.6) is 0 Å². The number of hydrogen-bond donors (Lipinski definition) is 1. The smallest absolute Gasteiger partial charge is 0.0630 e. The summed E-state index contributed by atoms with van der Waals surface area (Å²) in [5.41, 5.74) is 3.79. The standard InChI is InChI=1S/C10H14N2/c1-8-7-11-9-5-3-2-4-6-10(9)12-8/h2,4,11H,3,5-7H2,1H3. The van der Waals surface area contributed by atoms with Crippen molar-refractivity contribution in [3.05, 3.63) is 23.5 Å². The SMILES string of the molecule is CC1=NC2=C(CCC=CC2)NC1. The number of nitrogens with one attached hydrogen (secondary N) is 1. The van der Waals surface area contributed by atoms with Gasteiger partial charge in [-0.3, -0.25) is 4.99 Å². The molecule has 1 N–H and O–H groups in total. The van der Waals surface area contributed by atoms with Crippen molar-refractivity contribution in [3.63, 3.8) is 0 Å². The third-order valence-corrected chi connectivity index (χ3v) is 2.27. The molecule has 0 aromatic carbocycles. The highest BCUT2D eigenvalue weighted by atomic mass is 15.0. The van der Waals surface area contributed by atoms with Crippen LogP contribution in [0.25, 0.3) is 0 Å². The third kappa shape index (κ3) is 1.42. The molecule has 1 aliphatic carbocycles. The van der Waals surface area contributed by atoms with Gasteiger partial charge in [0.2, 0.25) is 0 Å². The van der Waals surface area contributed by atoms with Crippen molar-refractivity contribution < 1.29 is 0 Å². The molecule has 2 heteroatoms. The average molecular weight is 162 g/mol. The predicted octanol–water partition coefficient (Wildman–Crippen LogP) is 2.00. The Balaban J connectivity index is 2.26. The lowest BCUT2D eigenvalue weighted by atomic mass is 10.2. The van der Waals surface area contributed by atoms with Crippen LogP contribution in [-0.4, -0.2) is 12.3 Å². The van der Waals surface area contributed by atoms with Crippen molar-refractivity contribution in [1.29, 1.82) is 0 Å². The molecule has 1 heterocycles. The molecule has 1 aliphatic heterocycles. The molecule has 0 spiro atoms. The summed E-state index contributed by atoms with van der Waals surface area (Å²) in [6.07, 6.45) is 7.74. The van der Waals surface area contributed by atoms with Crippen LogP contribution in [0.1, 0.15) is 26.2 Å². The largest absolute Gasteiger partial charge is 0.382 e. The van der Waals surface area contributed by atoms with Gasteiger partial charge in [-0.1, -0.05) is 12.2 Å². The second kappa shape index (κ2) is 3.13. The van der Waals surface area contributed by atoms with Gasteiger partial charge in [0.1, 0.15) is 0 Å². The molecule has 0 aromatic heterocycles. The molecular formula is C10H14N2. The molecule has 0 unspecified atom stereocenters. The highest BCUT2D eigenvalue weighted by Crippen LogP contribution is 2.20. The minimum atomic E-state index is 0.929. The first-order valence-electron chi connectivity index (χ1n) is 4.51. The lowest BCUT2D eigenvalue weighted by Crippen LogP contribution is -2.25. The summed E-state index contributed by atoms with van der Waals surface area (Å²) in [6.45, 7) is 3.00. The Bertz CT molecular complexity index is 272. The van der Waals surface area contributed by atoms with Crippen molar-refractivity contribution in [2.24, 2.45) is 4.99 Å². The van der Waals surface area contributed by atoms with E-state index in [0.717, 1.165) is 25.8 Å². The molecule has 12 heavy (non-hydrogen) atoms. The van der Waals surface area contributed by atoms with E-state index in [0.29, 0.717) is 0 Å². The van der Waals surface area contributed by atoms with E-state index in [2.05, 4.69) is 29.4 Å². The number of allylic oxidation sites excluding steroid dienone is 3. The van der Waals surface area contributed by atoms with Gasteiger partial charge in [-0.05, 0) is 19.8 Å². The Morgan fingerprint density at radius 1 is 1.42 bits per heavy atom. The van der Waals surface area contributed by atoms with Gasteiger partial charge in [-0.15, -0.1) is 0 Å². The van der Waals surface area contributed by atoms with E-state index in [-0.39, 0.29) is 0 Å². The van der Waals surface area contributed by atoms with Crippen molar-refractivity contribution >= 4 is 5.71 Å². The molecule has 0 atom stereocenters. The van der Waals surface area contributed by atoms with E-state index < -0.39 is 0 Å². The maximum absolute atomic E-state index is 4.55. The maximum Gasteiger partial charge on any atom is 0.0630 e. The number of aliphatic imine (C=N–C) groups is 1. The molecule has 2 rings (SSSR count).